The maximum absolute atomic E-state index is 12.0. The monoisotopic (exact) mass is 348 g/mol. The summed E-state index contributed by atoms with van der Waals surface area (Å²) >= 11 is 1.39. The second-order valence-electron chi connectivity index (χ2n) is 5.83. The van der Waals surface area contributed by atoms with E-state index in [-0.39, 0.29) is 17.6 Å². The molecule has 2 rings (SSSR count). The number of nitrogens with zero attached hydrogens (tertiary/aromatic N) is 1. The quantitative estimate of drug-likeness (QED) is 0.588. The summed E-state index contributed by atoms with van der Waals surface area (Å²) in [6, 6.07) is 9.32. The van der Waals surface area contributed by atoms with Crippen LogP contribution in [0.3, 0.4) is 0 Å². The summed E-state index contributed by atoms with van der Waals surface area (Å²) in [5.74, 6) is 0.261. The first kappa shape index (κ1) is 18.5. The lowest BCUT2D eigenvalue weighted by atomic mass is 10.2. The van der Waals surface area contributed by atoms with Crippen molar-refractivity contribution in [2.75, 3.05) is 18.9 Å². The summed E-state index contributed by atoms with van der Waals surface area (Å²) in [7, 11) is 1.76. The van der Waals surface area contributed by atoms with E-state index in [1.807, 2.05) is 38.1 Å². The minimum absolute atomic E-state index is 0.0331. The number of hydrogen-bond acceptors (Lipinski definition) is 4. The summed E-state index contributed by atoms with van der Waals surface area (Å²) in [6.07, 6.45) is 1.01. The van der Waals surface area contributed by atoms with Crippen LogP contribution in [0.1, 0.15) is 20.3 Å². The molecule has 1 N–H and O–H groups in total. The maximum atomic E-state index is 12.0. The number of ether oxygens (including phenoxy) is 1. The smallest absolute Gasteiger partial charge is 0.251 e. The molecule has 0 radical (unpaired) electrons. The zero-order valence-corrected chi connectivity index (χ0v) is 15.2. The van der Waals surface area contributed by atoms with E-state index in [9.17, 15) is 9.59 Å². The van der Waals surface area contributed by atoms with Crippen LogP contribution in [0.4, 0.5) is 0 Å². The Morgan fingerprint density at radius 3 is 2.83 bits per heavy atom. The number of thioether (sulfide) groups is 1. The fourth-order valence-corrected chi connectivity index (χ4v) is 3.21. The summed E-state index contributed by atoms with van der Waals surface area (Å²) in [5, 5.41) is 3.87. The normalized spacial score (nSPS) is 11.2. The highest BCUT2D eigenvalue weighted by molar-refractivity contribution is 8.00. The lowest BCUT2D eigenvalue weighted by Gasteiger charge is -2.10. The van der Waals surface area contributed by atoms with E-state index in [0.29, 0.717) is 18.9 Å². The van der Waals surface area contributed by atoms with Crippen LogP contribution in [0.5, 0.6) is 0 Å². The third kappa shape index (κ3) is 5.11. The van der Waals surface area contributed by atoms with Gasteiger partial charge < -0.3 is 14.6 Å². The molecule has 6 heteroatoms. The highest BCUT2D eigenvalue weighted by atomic mass is 32.2. The van der Waals surface area contributed by atoms with Crippen LogP contribution in [0.15, 0.2) is 40.0 Å². The predicted molar refractivity (Wildman–Crippen MR) is 98.6 cm³/mol. The minimum Gasteiger partial charge on any atom is -0.379 e. The van der Waals surface area contributed by atoms with E-state index < -0.39 is 0 Å². The van der Waals surface area contributed by atoms with Crippen molar-refractivity contribution >= 4 is 28.6 Å². The fraction of sp³-hybridized carbons (Fsp3) is 0.444. The Hall–Kier alpha value is -1.79. The molecule has 5 nitrogen and oxygen atoms in total. The van der Waals surface area contributed by atoms with Crippen LogP contribution in [-0.2, 0) is 16.6 Å². The Labute approximate surface area is 146 Å². The molecule has 24 heavy (non-hydrogen) atoms. The van der Waals surface area contributed by atoms with Gasteiger partial charge in [0.2, 0.25) is 5.91 Å². The zero-order chi connectivity index (χ0) is 17.5. The summed E-state index contributed by atoms with van der Waals surface area (Å²) in [6.45, 7) is 5.22. The topological polar surface area (TPSA) is 60.3 Å². The van der Waals surface area contributed by atoms with E-state index in [1.54, 1.807) is 17.7 Å². The van der Waals surface area contributed by atoms with Gasteiger partial charge in [-0.15, -0.1) is 11.8 Å². The molecule has 0 aliphatic carbocycles. The first-order valence-electron chi connectivity index (χ1n) is 8.09. The third-order valence-electron chi connectivity index (χ3n) is 3.57. The Morgan fingerprint density at radius 1 is 1.33 bits per heavy atom. The van der Waals surface area contributed by atoms with Gasteiger partial charge in [0.05, 0.1) is 17.4 Å². The number of pyridine rings is 1. The molecular weight excluding hydrogens is 324 g/mol. The van der Waals surface area contributed by atoms with Crippen molar-refractivity contribution in [2.24, 2.45) is 7.05 Å². The number of carbonyl (C=O) groups excluding carboxylic acids is 1. The Morgan fingerprint density at radius 2 is 2.08 bits per heavy atom. The lowest BCUT2D eigenvalue weighted by Crippen LogP contribution is -2.27. The SMILES string of the molecule is CC(C)OCCCNC(=O)CSc1cc(=O)n(C)c2ccccc12. The highest BCUT2D eigenvalue weighted by Crippen LogP contribution is 2.25. The standard InChI is InChI=1S/C18H24N2O3S/c1-13(2)23-10-6-9-19-17(21)12-24-16-11-18(22)20(3)15-8-5-4-7-14(15)16/h4-5,7-8,11,13H,6,9-10,12H2,1-3H3,(H,19,21). The number of aryl methyl sites for hydroxylation is 1. The van der Waals surface area contributed by atoms with Gasteiger partial charge in [0.1, 0.15) is 0 Å². The van der Waals surface area contributed by atoms with Crippen molar-refractivity contribution in [3.8, 4) is 0 Å². The maximum Gasteiger partial charge on any atom is 0.251 e. The molecule has 1 amide bonds. The van der Waals surface area contributed by atoms with Gasteiger partial charge in [-0.2, -0.15) is 0 Å². The highest BCUT2D eigenvalue weighted by Gasteiger charge is 2.09. The number of benzene rings is 1. The first-order chi connectivity index (χ1) is 11.5. The first-order valence-corrected chi connectivity index (χ1v) is 9.07. The Bertz CT molecular complexity index is 756. The van der Waals surface area contributed by atoms with Gasteiger partial charge in [0.15, 0.2) is 0 Å². The number of rotatable bonds is 8. The summed E-state index contributed by atoms with van der Waals surface area (Å²) < 4.78 is 7.05. The zero-order valence-electron chi connectivity index (χ0n) is 14.4. The molecule has 0 atom stereocenters. The Balaban J connectivity index is 1.90. The van der Waals surface area contributed by atoms with Crippen molar-refractivity contribution < 1.29 is 9.53 Å². The van der Waals surface area contributed by atoms with Gasteiger partial charge in [0.25, 0.3) is 5.56 Å². The molecule has 2 aromatic rings. The van der Waals surface area contributed by atoms with Crippen molar-refractivity contribution in [3.63, 3.8) is 0 Å². The van der Waals surface area contributed by atoms with Crippen LogP contribution >= 0.6 is 11.8 Å². The molecule has 130 valence electrons. The van der Waals surface area contributed by atoms with Crippen molar-refractivity contribution in [1.29, 1.82) is 0 Å². The molecule has 0 saturated carbocycles. The molecule has 0 aliphatic heterocycles. The molecular formula is C18H24N2O3S. The van der Waals surface area contributed by atoms with Crippen LogP contribution in [0, 0.1) is 0 Å². The lowest BCUT2D eigenvalue weighted by molar-refractivity contribution is -0.118. The van der Waals surface area contributed by atoms with Crippen LogP contribution in [0.25, 0.3) is 10.9 Å². The third-order valence-corrected chi connectivity index (χ3v) is 4.62. The van der Waals surface area contributed by atoms with Crippen LogP contribution in [0.2, 0.25) is 0 Å². The van der Waals surface area contributed by atoms with Crippen LogP contribution in [-0.4, -0.2) is 35.5 Å². The summed E-state index contributed by atoms with van der Waals surface area (Å²) in [4.78, 5) is 24.8. The fourth-order valence-electron chi connectivity index (χ4n) is 2.31. The predicted octanol–water partition coefficient (Wildman–Crippen LogP) is 2.56. The largest absolute Gasteiger partial charge is 0.379 e. The van der Waals surface area contributed by atoms with Gasteiger partial charge in [-0.25, -0.2) is 0 Å². The number of carbonyl (C=O) groups is 1. The van der Waals surface area contributed by atoms with Gasteiger partial charge in [-0.3, -0.25) is 9.59 Å². The van der Waals surface area contributed by atoms with E-state index in [1.165, 1.54) is 11.8 Å². The van der Waals surface area contributed by atoms with Gasteiger partial charge in [-0.1, -0.05) is 18.2 Å². The van der Waals surface area contributed by atoms with E-state index in [4.69, 9.17) is 4.74 Å². The number of hydrogen-bond donors (Lipinski definition) is 1. The summed E-state index contributed by atoms with van der Waals surface area (Å²) in [5.41, 5.74) is 0.807. The molecule has 0 fully saturated rings. The van der Waals surface area contributed by atoms with Crippen LogP contribution < -0.4 is 10.9 Å². The molecule has 0 bridgehead atoms. The molecule has 0 saturated heterocycles. The average molecular weight is 348 g/mol. The average Bonchev–Trinajstić information content (AvgIpc) is 2.56. The minimum atomic E-state index is -0.0672. The van der Waals surface area contributed by atoms with Gasteiger partial charge >= 0.3 is 0 Å². The number of aromatic nitrogens is 1. The molecule has 1 heterocycles. The van der Waals surface area contributed by atoms with E-state index in [0.717, 1.165) is 22.2 Å². The molecule has 1 aromatic carbocycles. The van der Waals surface area contributed by atoms with Crippen molar-refractivity contribution in [3.05, 3.63) is 40.7 Å². The van der Waals surface area contributed by atoms with Gasteiger partial charge in [-0.05, 0) is 26.3 Å². The molecule has 0 spiro atoms. The molecule has 0 unspecified atom stereocenters. The number of amides is 1. The second kappa shape index (κ2) is 8.89. The van der Waals surface area contributed by atoms with E-state index in [2.05, 4.69) is 5.32 Å². The Kier molecular flexibility index (Phi) is 6.87. The number of para-hydroxylation sites is 1. The van der Waals surface area contributed by atoms with Gasteiger partial charge in [0, 0.05) is 36.5 Å². The van der Waals surface area contributed by atoms with E-state index >= 15 is 0 Å². The second-order valence-corrected chi connectivity index (χ2v) is 6.85. The van der Waals surface area contributed by atoms with Crippen molar-refractivity contribution in [2.45, 2.75) is 31.3 Å². The number of nitrogens with one attached hydrogen (secondary N) is 1. The van der Waals surface area contributed by atoms with Crippen molar-refractivity contribution in [1.82, 2.24) is 9.88 Å². The number of fused-ring (bicyclic) bond motifs is 1. The molecule has 1 aromatic heterocycles. The molecule has 0 aliphatic rings.